The molecule has 0 atom stereocenters. The minimum atomic E-state index is -0.768. The fourth-order valence-electron chi connectivity index (χ4n) is 6.48. The molecule has 2 saturated carbocycles. The van der Waals surface area contributed by atoms with Crippen molar-refractivity contribution in [3.05, 3.63) is 60.4 Å². The molecule has 2 aliphatic carbocycles. The molecule has 3 fully saturated rings. The molecular weight excluding hydrogens is 452 g/mol. The zero-order valence-electron chi connectivity index (χ0n) is 21.3. The van der Waals surface area contributed by atoms with Gasteiger partial charge in [0.25, 0.3) is 0 Å². The Hall–Kier alpha value is -2.93. The molecule has 1 aromatic heterocycles. The molecule has 36 heavy (non-hydrogen) atoms. The van der Waals surface area contributed by atoms with Crippen LogP contribution in [-0.2, 0) is 10.2 Å². The smallest absolute Gasteiger partial charge is 0.320 e. The molecule has 7 heteroatoms. The number of amides is 3. The van der Waals surface area contributed by atoms with Crippen molar-refractivity contribution in [1.29, 1.82) is 0 Å². The topological polar surface area (TPSA) is 85.8 Å². The first-order valence-corrected chi connectivity index (χ1v) is 13.4. The maximum Gasteiger partial charge on any atom is 0.320 e. The van der Waals surface area contributed by atoms with E-state index >= 15 is 0 Å². The molecule has 0 bridgehead atoms. The summed E-state index contributed by atoms with van der Waals surface area (Å²) < 4.78 is 0. The van der Waals surface area contributed by atoms with Crippen LogP contribution in [-0.4, -0.2) is 62.6 Å². The number of hydrogen-bond acceptors (Lipinski definition) is 4. The fourth-order valence-corrected chi connectivity index (χ4v) is 6.48. The molecule has 5 rings (SSSR count). The summed E-state index contributed by atoms with van der Waals surface area (Å²) in [4.78, 5) is 34.0. The number of aliphatic hydroxyl groups is 1. The molecule has 3 amide bonds. The Morgan fingerprint density at radius 3 is 2.33 bits per heavy atom. The van der Waals surface area contributed by atoms with E-state index in [-0.39, 0.29) is 29.3 Å². The first kappa shape index (κ1) is 24.8. The number of carbonyl (C=O) groups is 2. The highest BCUT2D eigenvalue weighted by atomic mass is 16.3. The first-order valence-electron chi connectivity index (χ1n) is 13.4. The zero-order valence-corrected chi connectivity index (χ0v) is 21.3. The van der Waals surface area contributed by atoms with Crippen molar-refractivity contribution in [3.63, 3.8) is 0 Å². The maximum absolute atomic E-state index is 13.7. The standard InChI is InChI=1S/C29H38N4O3/c1-2-27(23-7-4-3-5-8-23)14-16-28(17-15-27)21-32(26(35)33(28)22-29(36)12-6-13-29)20-11-25(34)31-24-9-18-30-19-10-24/h3-5,7-10,18-19,36H,2,6,11-17,20-22H2,1H3,(H,30,31,34)/t27-,28-. The Morgan fingerprint density at radius 2 is 1.72 bits per heavy atom. The predicted octanol–water partition coefficient (Wildman–Crippen LogP) is 4.72. The molecular formula is C29H38N4O3. The molecule has 0 radical (unpaired) electrons. The quantitative estimate of drug-likeness (QED) is 0.561. The Morgan fingerprint density at radius 1 is 1.03 bits per heavy atom. The summed E-state index contributed by atoms with van der Waals surface area (Å²) in [5.74, 6) is -0.114. The number of carbonyl (C=O) groups excluding carboxylic acids is 2. The summed E-state index contributed by atoms with van der Waals surface area (Å²) in [6.45, 7) is 3.67. The number of nitrogens with zero attached hydrogens (tertiary/aromatic N) is 3. The largest absolute Gasteiger partial charge is 0.388 e. The van der Waals surface area contributed by atoms with Gasteiger partial charge < -0.3 is 20.2 Å². The predicted molar refractivity (Wildman–Crippen MR) is 140 cm³/mol. The van der Waals surface area contributed by atoms with Crippen molar-refractivity contribution in [2.75, 3.05) is 25.0 Å². The molecule has 1 aliphatic heterocycles. The number of rotatable bonds is 8. The summed E-state index contributed by atoms with van der Waals surface area (Å²) in [5, 5.41) is 13.9. The molecule has 3 aliphatic rings. The maximum atomic E-state index is 13.7. The molecule has 2 N–H and O–H groups in total. The lowest BCUT2D eigenvalue weighted by Gasteiger charge is -2.50. The molecule has 192 valence electrons. The average molecular weight is 491 g/mol. The van der Waals surface area contributed by atoms with Crippen molar-refractivity contribution in [2.24, 2.45) is 0 Å². The van der Waals surface area contributed by atoms with Crippen LogP contribution in [0.15, 0.2) is 54.9 Å². The second kappa shape index (κ2) is 9.85. The van der Waals surface area contributed by atoms with Gasteiger partial charge in [-0.2, -0.15) is 0 Å². The second-order valence-corrected chi connectivity index (χ2v) is 11.1. The third-order valence-electron chi connectivity index (χ3n) is 9.07. The molecule has 0 unspecified atom stereocenters. The van der Waals surface area contributed by atoms with Gasteiger partial charge in [-0.15, -0.1) is 0 Å². The number of anilines is 1. The van der Waals surface area contributed by atoms with Crippen LogP contribution in [0.5, 0.6) is 0 Å². The van der Waals surface area contributed by atoms with Crippen molar-refractivity contribution in [2.45, 2.75) is 81.3 Å². The van der Waals surface area contributed by atoms with Gasteiger partial charge in [0.05, 0.1) is 17.7 Å². The van der Waals surface area contributed by atoms with Crippen LogP contribution >= 0.6 is 0 Å². The lowest BCUT2D eigenvalue weighted by molar-refractivity contribution is -0.116. The Kier molecular flexibility index (Phi) is 6.77. The van der Waals surface area contributed by atoms with Crippen LogP contribution in [0.4, 0.5) is 10.5 Å². The highest BCUT2D eigenvalue weighted by Crippen LogP contribution is 2.50. The third-order valence-corrected chi connectivity index (χ3v) is 9.07. The number of urea groups is 1. The van der Waals surface area contributed by atoms with E-state index in [0.717, 1.165) is 51.4 Å². The molecule has 7 nitrogen and oxygen atoms in total. The number of pyridine rings is 1. The van der Waals surface area contributed by atoms with Crippen molar-refractivity contribution < 1.29 is 14.7 Å². The van der Waals surface area contributed by atoms with E-state index in [4.69, 9.17) is 0 Å². The molecule has 1 spiro atoms. The van der Waals surface area contributed by atoms with E-state index in [2.05, 4.69) is 47.6 Å². The lowest BCUT2D eigenvalue weighted by Crippen LogP contribution is -2.58. The third kappa shape index (κ3) is 4.73. The summed E-state index contributed by atoms with van der Waals surface area (Å²) >= 11 is 0. The van der Waals surface area contributed by atoms with Crippen LogP contribution in [0, 0.1) is 0 Å². The van der Waals surface area contributed by atoms with Gasteiger partial charge in [-0.25, -0.2) is 4.79 Å². The van der Waals surface area contributed by atoms with Gasteiger partial charge >= 0.3 is 6.03 Å². The van der Waals surface area contributed by atoms with Gasteiger partial charge in [0.15, 0.2) is 0 Å². The van der Waals surface area contributed by atoms with Crippen LogP contribution in [0.2, 0.25) is 0 Å². The first-order chi connectivity index (χ1) is 17.4. The number of hydrogen-bond donors (Lipinski definition) is 2. The number of nitrogens with one attached hydrogen (secondary N) is 1. The van der Waals surface area contributed by atoms with Crippen LogP contribution < -0.4 is 5.32 Å². The summed E-state index contributed by atoms with van der Waals surface area (Å²) in [6, 6.07) is 14.3. The minimum Gasteiger partial charge on any atom is -0.388 e. The van der Waals surface area contributed by atoms with E-state index in [9.17, 15) is 14.7 Å². The Balaban J connectivity index is 1.30. The average Bonchev–Trinajstić information content (AvgIpc) is 3.14. The van der Waals surface area contributed by atoms with E-state index in [1.54, 1.807) is 24.5 Å². The van der Waals surface area contributed by atoms with Gasteiger partial charge in [0.1, 0.15) is 0 Å². The highest BCUT2D eigenvalue weighted by Gasteiger charge is 2.55. The van der Waals surface area contributed by atoms with Gasteiger partial charge in [-0.05, 0) is 74.5 Å². The van der Waals surface area contributed by atoms with Crippen LogP contribution in [0.3, 0.4) is 0 Å². The van der Waals surface area contributed by atoms with E-state index in [0.29, 0.717) is 25.3 Å². The van der Waals surface area contributed by atoms with E-state index in [1.165, 1.54) is 5.56 Å². The second-order valence-electron chi connectivity index (χ2n) is 11.1. The van der Waals surface area contributed by atoms with Crippen molar-refractivity contribution >= 4 is 17.6 Å². The monoisotopic (exact) mass is 490 g/mol. The minimum absolute atomic E-state index is 0.0317. The summed E-state index contributed by atoms with van der Waals surface area (Å²) in [6.07, 6.45) is 11.0. The van der Waals surface area contributed by atoms with Gasteiger partial charge in [-0.1, -0.05) is 37.3 Å². The normalized spacial score (nSPS) is 27.2. The van der Waals surface area contributed by atoms with E-state index in [1.807, 2.05) is 9.80 Å². The van der Waals surface area contributed by atoms with E-state index < -0.39 is 5.60 Å². The van der Waals surface area contributed by atoms with Gasteiger partial charge in [0, 0.05) is 37.6 Å². The SMILES string of the molecule is CC[C@]1(c2ccccc2)CC[C@]2(CC1)CN(CCC(=O)Nc1ccncc1)C(=O)N2CC1(O)CCC1. The summed E-state index contributed by atoms with van der Waals surface area (Å²) in [7, 11) is 0. The summed E-state index contributed by atoms with van der Waals surface area (Å²) in [5.41, 5.74) is 1.18. The Labute approximate surface area is 213 Å². The lowest BCUT2D eigenvalue weighted by atomic mass is 9.62. The van der Waals surface area contributed by atoms with Gasteiger partial charge in [0.2, 0.25) is 5.91 Å². The molecule has 1 aromatic carbocycles. The number of aromatic nitrogens is 1. The highest BCUT2D eigenvalue weighted by molar-refractivity contribution is 5.91. The van der Waals surface area contributed by atoms with Crippen molar-refractivity contribution in [1.82, 2.24) is 14.8 Å². The fraction of sp³-hybridized carbons (Fsp3) is 0.552. The van der Waals surface area contributed by atoms with Gasteiger partial charge in [-0.3, -0.25) is 9.78 Å². The Bertz CT molecular complexity index is 1060. The number of β-amino-alcohol motifs (C(OH)–C–C–N with tert-alkyl or cyclic N) is 1. The number of benzene rings is 1. The molecule has 2 aromatic rings. The van der Waals surface area contributed by atoms with Crippen LogP contribution in [0.25, 0.3) is 0 Å². The van der Waals surface area contributed by atoms with Crippen LogP contribution in [0.1, 0.15) is 70.3 Å². The molecule has 2 heterocycles. The molecule has 1 saturated heterocycles. The zero-order chi connectivity index (χ0) is 25.2. The van der Waals surface area contributed by atoms with Crippen molar-refractivity contribution in [3.8, 4) is 0 Å².